The van der Waals surface area contributed by atoms with E-state index in [0.29, 0.717) is 11.7 Å². The minimum atomic E-state index is -0.176. The summed E-state index contributed by atoms with van der Waals surface area (Å²) in [6.45, 7) is 5.83. The van der Waals surface area contributed by atoms with Crippen LogP contribution in [0.2, 0.25) is 0 Å². The molecule has 0 radical (unpaired) electrons. The van der Waals surface area contributed by atoms with E-state index < -0.39 is 0 Å². The molecule has 0 spiro atoms. The molecular weight excluding hydrogens is 376 g/mol. The Bertz CT molecular complexity index is 1170. The molecule has 2 aliphatic carbocycles. The van der Waals surface area contributed by atoms with E-state index in [0.717, 1.165) is 40.3 Å². The predicted octanol–water partition coefficient (Wildman–Crippen LogP) is 4.79. The number of fused-ring (bicyclic) bond motifs is 2. The molecule has 1 aromatic carbocycles. The van der Waals surface area contributed by atoms with Gasteiger partial charge in [-0.05, 0) is 42.0 Å². The molecule has 0 saturated heterocycles. The first kappa shape index (κ1) is 18.6. The zero-order chi connectivity index (χ0) is 21.0. The fourth-order valence-corrected chi connectivity index (χ4v) is 4.93. The molecule has 2 aromatic heterocycles. The van der Waals surface area contributed by atoms with Gasteiger partial charge in [0.1, 0.15) is 5.82 Å². The molecule has 0 aliphatic heterocycles. The summed E-state index contributed by atoms with van der Waals surface area (Å²) in [5, 5.41) is 6.21. The molecule has 3 aromatic rings. The summed E-state index contributed by atoms with van der Waals surface area (Å²) in [4.78, 5) is 32.6. The second kappa shape index (κ2) is 6.55. The summed E-state index contributed by atoms with van der Waals surface area (Å²) in [6.07, 6.45) is 2.52. The van der Waals surface area contributed by atoms with Crippen LogP contribution in [0.3, 0.4) is 0 Å². The Morgan fingerprint density at radius 2 is 2.00 bits per heavy atom. The number of aromatic nitrogens is 2. The number of ketones is 1. The van der Waals surface area contributed by atoms with Gasteiger partial charge in [-0.3, -0.25) is 9.59 Å². The highest BCUT2D eigenvalue weighted by atomic mass is 16.1. The minimum absolute atomic E-state index is 0.0375. The summed E-state index contributed by atoms with van der Waals surface area (Å²) < 4.78 is 0. The summed E-state index contributed by atoms with van der Waals surface area (Å²) >= 11 is 0. The zero-order valence-electron chi connectivity index (χ0n) is 17.2. The van der Waals surface area contributed by atoms with Gasteiger partial charge in [0, 0.05) is 36.0 Å². The molecule has 5 rings (SSSR count). The van der Waals surface area contributed by atoms with Crippen LogP contribution in [0.25, 0.3) is 11.3 Å². The van der Waals surface area contributed by atoms with Gasteiger partial charge in [-0.2, -0.15) is 0 Å². The molecule has 3 atom stereocenters. The number of carbonyl (C=O) groups is 2. The summed E-state index contributed by atoms with van der Waals surface area (Å²) in [5.74, 6) is 0.991. The maximum atomic E-state index is 13.4. The molecule has 2 heterocycles. The molecule has 1 amide bonds. The van der Waals surface area contributed by atoms with Crippen LogP contribution >= 0.6 is 0 Å². The van der Waals surface area contributed by atoms with E-state index in [-0.39, 0.29) is 23.0 Å². The second-order valence-corrected chi connectivity index (χ2v) is 8.64. The third-order valence-electron chi connectivity index (χ3n) is 6.70. The van der Waals surface area contributed by atoms with Gasteiger partial charge < -0.3 is 15.6 Å². The maximum Gasteiger partial charge on any atom is 0.222 e. The van der Waals surface area contributed by atoms with Gasteiger partial charge in [0.2, 0.25) is 5.91 Å². The summed E-state index contributed by atoms with van der Waals surface area (Å²) in [5.41, 5.74) is 5.19. The summed E-state index contributed by atoms with van der Waals surface area (Å²) in [7, 11) is 0. The number of H-pyrrole nitrogens is 1. The first-order valence-electron chi connectivity index (χ1n) is 10.2. The van der Waals surface area contributed by atoms with Gasteiger partial charge >= 0.3 is 0 Å². The molecule has 152 valence electrons. The number of aromatic amines is 1. The number of anilines is 3. The second-order valence-electron chi connectivity index (χ2n) is 8.64. The standard InChI is InChI=1S/C24H24N4O2/c1-13-20-23(30)19-17(12-24(13,20)3)28-21(22(19)27-16-7-5-4-6-8-16)15-9-10-25-18(11-15)26-14(2)29/h4-11,13,20,27-28H,12H2,1-3H3,(H,25,26,29)/t13?,20?,24-/m0/s1. The van der Waals surface area contributed by atoms with Crippen LogP contribution < -0.4 is 10.6 Å². The number of carbonyl (C=O) groups excluding carboxylic acids is 2. The van der Waals surface area contributed by atoms with Gasteiger partial charge in [0.05, 0.1) is 16.9 Å². The lowest BCUT2D eigenvalue weighted by Crippen LogP contribution is -2.19. The van der Waals surface area contributed by atoms with Crippen molar-refractivity contribution in [2.45, 2.75) is 27.2 Å². The molecule has 0 bridgehead atoms. The molecule has 6 nitrogen and oxygen atoms in total. The van der Waals surface area contributed by atoms with E-state index in [2.05, 4.69) is 34.4 Å². The lowest BCUT2D eigenvalue weighted by molar-refractivity contribution is -0.114. The predicted molar refractivity (Wildman–Crippen MR) is 117 cm³/mol. The van der Waals surface area contributed by atoms with Crippen LogP contribution in [0.15, 0.2) is 48.7 Å². The Kier molecular flexibility index (Phi) is 4.07. The van der Waals surface area contributed by atoms with E-state index in [1.165, 1.54) is 6.92 Å². The van der Waals surface area contributed by atoms with Crippen LogP contribution in [0.1, 0.15) is 36.8 Å². The van der Waals surface area contributed by atoms with E-state index >= 15 is 0 Å². The van der Waals surface area contributed by atoms with Crippen molar-refractivity contribution in [3.8, 4) is 11.3 Å². The van der Waals surface area contributed by atoms with Gasteiger partial charge in [0.25, 0.3) is 0 Å². The van der Waals surface area contributed by atoms with Crippen LogP contribution in [-0.4, -0.2) is 21.7 Å². The average molecular weight is 400 g/mol. The van der Waals surface area contributed by atoms with Crippen molar-refractivity contribution in [3.05, 3.63) is 59.9 Å². The van der Waals surface area contributed by atoms with E-state index in [1.807, 2.05) is 42.5 Å². The van der Waals surface area contributed by atoms with Crippen molar-refractivity contribution < 1.29 is 9.59 Å². The minimum Gasteiger partial charge on any atom is -0.356 e. The normalized spacial score (nSPS) is 24.0. The lowest BCUT2D eigenvalue weighted by atomic mass is 9.87. The van der Waals surface area contributed by atoms with E-state index in [4.69, 9.17) is 0 Å². The third kappa shape index (κ3) is 2.83. The largest absolute Gasteiger partial charge is 0.356 e. The van der Waals surface area contributed by atoms with Crippen molar-refractivity contribution in [1.82, 2.24) is 9.97 Å². The molecule has 1 fully saturated rings. The molecule has 2 aliphatic rings. The molecule has 6 heteroatoms. The third-order valence-corrected chi connectivity index (χ3v) is 6.70. The average Bonchev–Trinajstić information content (AvgIpc) is 3.08. The monoisotopic (exact) mass is 400 g/mol. The smallest absolute Gasteiger partial charge is 0.222 e. The number of amides is 1. The van der Waals surface area contributed by atoms with Gasteiger partial charge in [0.15, 0.2) is 5.78 Å². The fraction of sp³-hybridized carbons (Fsp3) is 0.292. The van der Waals surface area contributed by atoms with Gasteiger partial charge in [-0.1, -0.05) is 32.0 Å². The number of benzene rings is 1. The number of Topliss-reactive ketones (excluding diaryl/α,β-unsaturated/α-hetero) is 1. The number of rotatable bonds is 4. The topological polar surface area (TPSA) is 86.9 Å². The Hall–Kier alpha value is -3.41. The molecule has 2 unspecified atom stereocenters. The van der Waals surface area contributed by atoms with Crippen LogP contribution in [0.4, 0.5) is 17.2 Å². The first-order valence-corrected chi connectivity index (χ1v) is 10.2. The van der Waals surface area contributed by atoms with Crippen molar-refractivity contribution in [1.29, 1.82) is 0 Å². The molecule has 3 N–H and O–H groups in total. The Balaban J connectivity index is 1.64. The van der Waals surface area contributed by atoms with Crippen molar-refractivity contribution in [3.63, 3.8) is 0 Å². The molecular formula is C24H24N4O2. The van der Waals surface area contributed by atoms with Crippen molar-refractivity contribution >= 4 is 28.9 Å². The Morgan fingerprint density at radius 3 is 2.73 bits per heavy atom. The number of hydrogen-bond acceptors (Lipinski definition) is 4. The molecule has 30 heavy (non-hydrogen) atoms. The van der Waals surface area contributed by atoms with Gasteiger partial charge in [-0.15, -0.1) is 0 Å². The Labute approximate surface area is 175 Å². The maximum absolute atomic E-state index is 13.4. The number of hydrogen-bond donors (Lipinski definition) is 3. The first-order chi connectivity index (χ1) is 14.4. The SMILES string of the molecule is CC(=O)Nc1cc(-c2[nH]c3c(c2Nc2ccccc2)C(=O)C2C(C)[C@]2(C)C3)ccn1. The number of para-hydroxylation sites is 1. The van der Waals surface area contributed by atoms with Gasteiger partial charge in [-0.25, -0.2) is 4.98 Å². The van der Waals surface area contributed by atoms with Crippen LogP contribution in [0.5, 0.6) is 0 Å². The zero-order valence-corrected chi connectivity index (χ0v) is 17.2. The summed E-state index contributed by atoms with van der Waals surface area (Å²) in [6, 6.07) is 13.6. The highest BCUT2D eigenvalue weighted by molar-refractivity contribution is 6.10. The quantitative estimate of drug-likeness (QED) is 0.588. The van der Waals surface area contributed by atoms with Crippen molar-refractivity contribution in [2.24, 2.45) is 17.3 Å². The lowest BCUT2D eigenvalue weighted by Gasteiger charge is -2.18. The Morgan fingerprint density at radius 1 is 1.23 bits per heavy atom. The van der Waals surface area contributed by atoms with Crippen molar-refractivity contribution in [2.75, 3.05) is 10.6 Å². The molecule has 1 saturated carbocycles. The number of nitrogens with one attached hydrogen (secondary N) is 3. The van der Waals surface area contributed by atoms with E-state index in [1.54, 1.807) is 6.20 Å². The number of nitrogens with zero attached hydrogens (tertiary/aromatic N) is 1. The van der Waals surface area contributed by atoms with Crippen LogP contribution in [0, 0.1) is 17.3 Å². The number of pyridine rings is 1. The highest BCUT2D eigenvalue weighted by Crippen LogP contribution is 2.65. The van der Waals surface area contributed by atoms with E-state index in [9.17, 15) is 9.59 Å². The van der Waals surface area contributed by atoms with Crippen LogP contribution in [-0.2, 0) is 11.2 Å². The highest BCUT2D eigenvalue weighted by Gasteiger charge is 2.65. The fourth-order valence-electron chi connectivity index (χ4n) is 4.93.